The van der Waals surface area contributed by atoms with Crippen LogP contribution in [0.4, 0.5) is 0 Å². The summed E-state index contributed by atoms with van der Waals surface area (Å²) in [4.78, 5) is 31.5. The number of Topliss-reactive ketones (excluding diaryl/α,β-unsaturated/α-hetero) is 2. The van der Waals surface area contributed by atoms with E-state index in [2.05, 4.69) is 9.80 Å². The van der Waals surface area contributed by atoms with Crippen molar-refractivity contribution in [3.63, 3.8) is 0 Å². The highest BCUT2D eigenvalue weighted by atomic mass is 16.5. The maximum atomic E-state index is 13.7. The Morgan fingerprint density at radius 2 is 1.31 bits per heavy atom. The summed E-state index contributed by atoms with van der Waals surface area (Å²) in [6.07, 6.45) is 3.03. The van der Waals surface area contributed by atoms with Gasteiger partial charge in [0.2, 0.25) is 0 Å². The summed E-state index contributed by atoms with van der Waals surface area (Å²) < 4.78 is 11.6. The fraction of sp³-hybridized carbons (Fsp3) is 0.538. The normalized spacial score (nSPS) is 24.1. The Morgan fingerprint density at radius 1 is 0.844 bits per heavy atom. The number of allylic oxidation sites excluding steroid dienone is 4. The van der Waals surface area contributed by atoms with E-state index in [1.165, 1.54) is 0 Å². The van der Waals surface area contributed by atoms with Crippen molar-refractivity contribution in [2.75, 3.05) is 48.4 Å². The van der Waals surface area contributed by atoms with Crippen LogP contribution in [0.2, 0.25) is 0 Å². The van der Waals surface area contributed by atoms with Crippen LogP contribution < -0.4 is 4.74 Å². The van der Waals surface area contributed by atoms with E-state index in [0.29, 0.717) is 24.2 Å². The van der Waals surface area contributed by atoms with Crippen molar-refractivity contribution in [3.8, 4) is 5.75 Å². The lowest BCUT2D eigenvalue weighted by atomic mass is 9.69. The highest BCUT2D eigenvalue weighted by Gasteiger charge is 2.46. The first-order valence-corrected chi connectivity index (χ1v) is 11.5. The predicted molar refractivity (Wildman–Crippen MR) is 123 cm³/mol. The second-order valence-corrected chi connectivity index (χ2v) is 9.71. The summed E-state index contributed by atoms with van der Waals surface area (Å²) in [7, 11) is 9.61. The number of hydrogen-bond acceptors (Lipinski definition) is 6. The predicted octanol–water partition coefficient (Wildman–Crippen LogP) is 3.40. The van der Waals surface area contributed by atoms with Crippen molar-refractivity contribution in [2.24, 2.45) is 11.8 Å². The minimum Gasteiger partial charge on any atom is -0.497 e. The van der Waals surface area contributed by atoms with Crippen LogP contribution in [0.25, 0.3) is 0 Å². The van der Waals surface area contributed by atoms with Gasteiger partial charge in [-0.3, -0.25) is 9.59 Å². The van der Waals surface area contributed by atoms with Gasteiger partial charge in [0.25, 0.3) is 0 Å². The molecule has 0 amide bonds. The largest absolute Gasteiger partial charge is 0.497 e. The number of methoxy groups -OCH3 is 1. The molecule has 1 aromatic carbocycles. The Kier molecular flexibility index (Phi) is 6.54. The maximum absolute atomic E-state index is 13.7. The van der Waals surface area contributed by atoms with E-state index >= 15 is 0 Å². The molecule has 1 aliphatic heterocycles. The number of carbonyl (C=O) groups excluding carboxylic acids is 2. The van der Waals surface area contributed by atoms with Gasteiger partial charge in [0.1, 0.15) is 17.3 Å². The van der Waals surface area contributed by atoms with E-state index < -0.39 is 0 Å². The number of ketones is 2. The van der Waals surface area contributed by atoms with Gasteiger partial charge in [-0.15, -0.1) is 0 Å². The molecule has 0 fully saturated rings. The average molecular weight is 439 g/mol. The minimum absolute atomic E-state index is 0.0773. The van der Waals surface area contributed by atoms with Crippen molar-refractivity contribution < 1.29 is 19.1 Å². The molecule has 32 heavy (non-hydrogen) atoms. The van der Waals surface area contributed by atoms with Gasteiger partial charge in [-0.2, -0.15) is 0 Å². The van der Waals surface area contributed by atoms with Crippen LogP contribution in [-0.2, 0) is 14.3 Å². The maximum Gasteiger partial charge on any atom is 0.167 e. The summed E-state index contributed by atoms with van der Waals surface area (Å²) >= 11 is 0. The van der Waals surface area contributed by atoms with Gasteiger partial charge >= 0.3 is 0 Å². The zero-order valence-electron chi connectivity index (χ0n) is 19.8. The topological polar surface area (TPSA) is 59.1 Å². The molecule has 0 N–H and O–H groups in total. The number of ether oxygens (including phenoxy) is 2. The molecule has 0 aromatic heterocycles. The highest BCUT2D eigenvalue weighted by molar-refractivity contribution is 6.07. The van der Waals surface area contributed by atoms with E-state index in [4.69, 9.17) is 9.47 Å². The Balaban J connectivity index is 1.79. The summed E-state index contributed by atoms with van der Waals surface area (Å²) in [5, 5.41) is 0. The van der Waals surface area contributed by atoms with Gasteiger partial charge < -0.3 is 19.3 Å². The third-order valence-corrected chi connectivity index (χ3v) is 6.76. The summed E-state index contributed by atoms with van der Waals surface area (Å²) in [6, 6.07) is 7.77. The number of hydrogen-bond donors (Lipinski definition) is 0. The summed E-state index contributed by atoms with van der Waals surface area (Å²) in [5.74, 6) is 2.01. The molecular weight excluding hydrogens is 404 g/mol. The van der Waals surface area contributed by atoms with Gasteiger partial charge in [0.05, 0.1) is 7.11 Å². The highest BCUT2D eigenvalue weighted by Crippen LogP contribution is 2.49. The van der Waals surface area contributed by atoms with Crippen molar-refractivity contribution in [1.29, 1.82) is 0 Å². The van der Waals surface area contributed by atoms with E-state index in [1.807, 2.05) is 52.5 Å². The van der Waals surface area contributed by atoms with E-state index in [1.54, 1.807) is 7.11 Å². The lowest BCUT2D eigenvalue weighted by Crippen LogP contribution is -2.40. The molecule has 0 unspecified atom stereocenters. The quantitative estimate of drug-likeness (QED) is 0.679. The minimum atomic E-state index is -0.366. The zero-order valence-corrected chi connectivity index (χ0v) is 19.8. The van der Waals surface area contributed by atoms with E-state index in [-0.39, 0.29) is 29.3 Å². The first-order chi connectivity index (χ1) is 15.3. The van der Waals surface area contributed by atoms with Gasteiger partial charge in [0, 0.05) is 54.8 Å². The molecule has 4 rings (SSSR count). The SMILES string of the molecule is COc1ccc(C2C3=C(CC[C@H](CN(C)C)C3=O)OC3=C2C(=O)[C@@H](CN(C)C)CC3)cc1. The third kappa shape index (κ3) is 4.26. The van der Waals surface area contributed by atoms with Gasteiger partial charge in [-0.1, -0.05) is 12.1 Å². The fourth-order valence-electron chi connectivity index (χ4n) is 5.33. The monoisotopic (exact) mass is 438 g/mol. The second kappa shape index (κ2) is 9.20. The van der Waals surface area contributed by atoms with Crippen LogP contribution in [0.1, 0.15) is 37.2 Å². The molecule has 6 nitrogen and oxygen atoms in total. The van der Waals surface area contributed by atoms with Crippen LogP contribution in [0.5, 0.6) is 5.75 Å². The molecule has 172 valence electrons. The second-order valence-electron chi connectivity index (χ2n) is 9.71. The van der Waals surface area contributed by atoms with Crippen LogP contribution in [0, 0.1) is 11.8 Å². The molecule has 0 radical (unpaired) electrons. The molecule has 1 heterocycles. The van der Waals surface area contributed by atoms with Gasteiger partial charge in [0.15, 0.2) is 11.6 Å². The lowest BCUT2D eigenvalue weighted by Gasteiger charge is -2.40. The van der Waals surface area contributed by atoms with Crippen molar-refractivity contribution in [2.45, 2.75) is 31.6 Å². The molecule has 0 saturated carbocycles. The Morgan fingerprint density at radius 3 is 1.72 bits per heavy atom. The molecule has 1 aromatic rings. The molecule has 0 spiro atoms. The van der Waals surface area contributed by atoms with E-state index in [9.17, 15) is 9.59 Å². The smallest absolute Gasteiger partial charge is 0.167 e. The number of rotatable bonds is 6. The number of carbonyl (C=O) groups is 2. The van der Waals surface area contributed by atoms with Crippen LogP contribution >= 0.6 is 0 Å². The van der Waals surface area contributed by atoms with Gasteiger partial charge in [-0.05, 0) is 58.7 Å². The van der Waals surface area contributed by atoms with Crippen molar-refractivity contribution in [3.05, 3.63) is 52.5 Å². The first kappa shape index (κ1) is 22.7. The Hall–Kier alpha value is -2.44. The zero-order chi connectivity index (χ0) is 23.0. The van der Waals surface area contributed by atoms with Crippen molar-refractivity contribution in [1.82, 2.24) is 9.80 Å². The summed E-state index contributed by atoms with van der Waals surface area (Å²) in [5.41, 5.74) is 2.32. The lowest BCUT2D eigenvalue weighted by molar-refractivity contribution is -0.122. The molecule has 0 bridgehead atoms. The van der Waals surface area contributed by atoms with Crippen LogP contribution in [-0.4, -0.2) is 69.8 Å². The van der Waals surface area contributed by atoms with Crippen LogP contribution in [0.15, 0.2) is 46.9 Å². The average Bonchev–Trinajstić information content (AvgIpc) is 2.76. The Bertz CT molecular complexity index is 905. The summed E-state index contributed by atoms with van der Waals surface area (Å²) in [6.45, 7) is 1.40. The van der Waals surface area contributed by atoms with Crippen LogP contribution in [0.3, 0.4) is 0 Å². The number of nitrogens with zero attached hydrogens (tertiary/aromatic N) is 2. The third-order valence-electron chi connectivity index (χ3n) is 6.76. The van der Waals surface area contributed by atoms with E-state index in [0.717, 1.165) is 48.5 Å². The van der Waals surface area contributed by atoms with Crippen molar-refractivity contribution >= 4 is 11.6 Å². The standard InChI is InChI=1S/C26H34N2O4/c1-27(2)14-17-8-12-20-23(25(17)29)22(16-6-10-19(31-5)11-7-16)24-21(32-20)13-9-18(26(24)30)15-28(3)4/h6-7,10-11,17-18,22H,8-9,12-15H2,1-5H3/t17-,18-/m1/s1. The molecule has 3 aliphatic rings. The fourth-order valence-corrected chi connectivity index (χ4v) is 5.33. The molecule has 2 aliphatic carbocycles. The number of benzene rings is 1. The Labute approximate surface area is 190 Å². The molecule has 6 heteroatoms. The first-order valence-electron chi connectivity index (χ1n) is 11.5. The molecule has 2 atom stereocenters. The molecule has 0 saturated heterocycles. The van der Waals surface area contributed by atoms with Gasteiger partial charge in [-0.25, -0.2) is 0 Å². The molecular formula is C26H34N2O4.